The van der Waals surface area contributed by atoms with E-state index in [9.17, 15) is 8.42 Å². The van der Waals surface area contributed by atoms with Crippen molar-refractivity contribution in [2.75, 3.05) is 20.3 Å². The molecule has 0 fully saturated rings. The summed E-state index contributed by atoms with van der Waals surface area (Å²) in [7, 11) is -2.13. The number of hydrogen-bond donors (Lipinski definition) is 2. The molecule has 1 unspecified atom stereocenters. The average Bonchev–Trinajstić information content (AvgIpc) is 2.40. The Bertz CT molecular complexity index is 549. The van der Waals surface area contributed by atoms with Crippen molar-refractivity contribution >= 4 is 21.6 Å². The Hall–Kier alpha value is -0.660. The summed E-state index contributed by atoms with van der Waals surface area (Å²) >= 11 is 6.03. The van der Waals surface area contributed by atoms with Gasteiger partial charge >= 0.3 is 0 Å². The Kier molecular flexibility index (Phi) is 7.62. The first kappa shape index (κ1) is 18.4. The molecule has 0 amide bonds. The van der Waals surface area contributed by atoms with Crippen LogP contribution in [0.3, 0.4) is 0 Å². The third kappa shape index (κ3) is 5.92. The molecule has 0 bridgehead atoms. The molecule has 0 saturated carbocycles. The number of nitrogens with one attached hydrogen (secondary N) is 2. The van der Waals surface area contributed by atoms with Crippen molar-refractivity contribution in [2.45, 2.75) is 37.8 Å². The summed E-state index contributed by atoms with van der Waals surface area (Å²) in [6.07, 6.45) is 1.02. The molecule has 0 aliphatic heterocycles. The molecule has 0 aliphatic rings. The van der Waals surface area contributed by atoms with Crippen molar-refractivity contribution in [2.24, 2.45) is 0 Å². The normalized spacial score (nSPS) is 13.3. The van der Waals surface area contributed by atoms with Crippen LogP contribution >= 0.6 is 11.6 Å². The van der Waals surface area contributed by atoms with Gasteiger partial charge in [0, 0.05) is 19.7 Å². The van der Waals surface area contributed by atoms with Crippen LogP contribution < -0.4 is 10.0 Å². The lowest BCUT2D eigenvalue weighted by Gasteiger charge is -2.15. The summed E-state index contributed by atoms with van der Waals surface area (Å²) in [5, 5.41) is 3.45. The van der Waals surface area contributed by atoms with Gasteiger partial charge in [-0.25, -0.2) is 13.1 Å². The molecule has 1 aromatic carbocycles. The van der Waals surface area contributed by atoms with Crippen molar-refractivity contribution in [3.8, 4) is 0 Å². The number of rotatable bonds is 9. The summed E-state index contributed by atoms with van der Waals surface area (Å²) in [6, 6.07) is 4.72. The molecule has 120 valence electrons. The van der Waals surface area contributed by atoms with E-state index < -0.39 is 10.0 Å². The minimum atomic E-state index is -3.66. The molecule has 0 aliphatic carbocycles. The van der Waals surface area contributed by atoms with E-state index in [1.165, 1.54) is 7.11 Å². The van der Waals surface area contributed by atoms with Crippen LogP contribution in [0.2, 0.25) is 5.02 Å². The van der Waals surface area contributed by atoms with E-state index in [1.807, 2.05) is 6.07 Å². The van der Waals surface area contributed by atoms with E-state index in [4.69, 9.17) is 16.3 Å². The van der Waals surface area contributed by atoms with Gasteiger partial charge in [0.2, 0.25) is 10.0 Å². The molecule has 0 aromatic heterocycles. The van der Waals surface area contributed by atoms with Gasteiger partial charge in [-0.2, -0.15) is 0 Å². The van der Waals surface area contributed by atoms with Gasteiger partial charge in [-0.05, 0) is 37.6 Å². The second kappa shape index (κ2) is 8.70. The molecule has 0 heterocycles. The van der Waals surface area contributed by atoms with Gasteiger partial charge in [0.15, 0.2) is 0 Å². The summed E-state index contributed by atoms with van der Waals surface area (Å²) in [5.41, 5.74) is 0.882. The van der Waals surface area contributed by atoms with Gasteiger partial charge in [-0.15, -0.1) is 0 Å². The van der Waals surface area contributed by atoms with Crippen LogP contribution in [0.15, 0.2) is 23.1 Å². The van der Waals surface area contributed by atoms with Gasteiger partial charge in [-0.1, -0.05) is 24.6 Å². The minimum Gasteiger partial charge on any atom is -0.383 e. The van der Waals surface area contributed by atoms with Crippen LogP contribution in [0.5, 0.6) is 0 Å². The average molecular weight is 335 g/mol. The molecule has 5 nitrogen and oxygen atoms in total. The minimum absolute atomic E-state index is 0.0999. The van der Waals surface area contributed by atoms with Gasteiger partial charge in [0.05, 0.1) is 11.6 Å². The molecule has 0 saturated heterocycles. The highest BCUT2D eigenvalue weighted by Crippen LogP contribution is 2.23. The van der Waals surface area contributed by atoms with Crippen LogP contribution in [0.4, 0.5) is 0 Å². The number of halogens is 1. The number of sulfonamides is 1. The third-order valence-electron chi connectivity index (χ3n) is 2.81. The number of hydrogen-bond acceptors (Lipinski definition) is 4. The summed E-state index contributed by atoms with van der Waals surface area (Å²) in [6.45, 7) is 5.61. The maximum absolute atomic E-state index is 12.3. The first-order valence-corrected chi connectivity index (χ1v) is 8.77. The van der Waals surface area contributed by atoms with Crippen molar-refractivity contribution in [3.05, 3.63) is 28.8 Å². The quantitative estimate of drug-likeness (QED) is 0.679. The zero-order chi connectivity index (χ0) is 15.9. The highest BCUT2D eigenvalue weighted by Gasteiger charge is 2.20. The lowest BCUT2D eigenvalue weighted by molar-refractivity contribution is 0.180. The fourth-order valence-electron chi connectivity index (χ4n) is 1.89. The lowest BCUT2D eigenvalue weighted by Crippen LogP contribution is -2.35. The van der Waals surface area contributed by atoms with E-state index in [1.54, 1.807) is 19.1 Å². The molecule has 1 rings (SSSR count). The molecule has 21 heavy (non-hydrogen) atoms. The number of benzene rings is 1. The maximum Gasteiger partial charge on any atom is 0.242 e. The maximum atomic E-state index is 12.3. The SMILES string of the molecule is CCCNCc1ccc(Cl)c(S(=O)(=O)NC(C)COC)c1. The van der Waals surface area contributed by atoms with Gasteiger partial charge in [-0.3, -0.25) is 0 Å². The largest absolute Gasteiger partial charge is 0.383 e. The van der Waals surface area contributed by atoms with E-state index in [0.29, 0.717) is 13.2 Å². The fourth-order valence-corrected chi connectivity index (χ4v) is 3.66. The monoisotopic (exact) mass is 334 g/mol. The standard InChI is InChI=1S/C14H23ClN2O3S/c1-4-7-16-9-12-5-6-13(15)14(8-12)21(18,19)17-11(2)10-20-3/h5-6,8,11,16-17H,4,7,9-10H2,1-3H3. The molecular weight excluding hydrogens is 312 g/mol. The Morgan fingerprint density at radius 3 is 2.71 bits per heavy atom. The molecule has 1 atom stereocenters. The number of ether oxygens (including phenoxy) is 1. The summed E-state index contributed by atoms with van der Waals surface area (Å²) < 4.78 is 32.2. The highest BCUT2D eigenvalue weighted by molar-refractivity contribution is 7.89. The first-order valence-electron chi connectivity index (χ1n) is 6.91. The molecule has 0 spiro atoms. The van der Waals surface area contributed by atoms with Crippen LogP contribution in [0.25, 0.3) is 0 Å². The zero-order valence-electron chi connectivity index (χ0n) is 12.6. The van der Waals surface area contributed by atoms with E-state index in [-0.39, 0.29) is 16.0 Å². The van der Waals surface area contributed by atoms with Crippen LogP contribution in [0.1, 0.15) is 25.8 Å². The molecule has 2 N–H and O–H groups in total. The summed E-state index contributed by atoms with van der Waals surface area (Å²) in [4.78, 5) is 0.0999. The molecule has 0 radical (unpaired) electrons. The molecular formula is C14H23ClN2O3S. The van der Waals surface area contributed by atoms with Crippen LogP contribution in [0, 0.1) is 0 Å². The molecule has 1 aromatic rings. The topological polar surface area (TPSA) is 67.4 Å². The van der Waals surface area contributed by atoms with Gasteiger partial charge < -0.3 is 10.1 Å². The lowest BCUT2D eigenvalue weighted by atomic mass is 10.2. The Morgan fingerprint density at radius 2 is 2.10 bits per heavy atom. The summed E-state index contributed by atoms with van der Waals surface area (Å²) in [5.74, 6) is 0. The van der Waals surface area contributed by atoms with Crippen molar-refractivity contribution < 1.29 is 13.2 Å². The first-order chi connectivity index (χ1) is 9.90. The van der Waals surface area contributed by atoms with Crippen LogP contribution in [-0.4, -0.2) is 34.7 Å². The fraction of sp³-hybridized carbons (Fsp3) is 0.571. The second-order valence-corrected chi connectivity index (χ2v) is 7.01. The van der Waals surface area contributed by atoms with Gasteiger partial charge in [0.25, 0.3) is 0 Å². The highest BCUT2D eigenvalue weighted by atomic mass is 35.5. The van der Waals surface area contributed by atoms with Gasteiger partial charge in [0.1, 0.15) is 4.90 Å². The molecule has 7 heteroatoms. The van der Waals surface area contributed by atoms with E-state index in [2.05, 4.69) is 17.0 Å². The van der Waals surface area contributed by atoms with E-state index >= 15 is 0 Å². The van der Waals surface area contributed by atoms with Crippen molar-refractivity contribution in [3.63, 3.8) is 0 Å². The third-order valence-corrected chi connectivity index (χ3v) is 4.89. The predicted octanol–water partition coefficient (Wildman–Crippen LogP) is 2.15. The van der Waals surface area contributed by atoms with Crippen molar-refractivity contribution in [1.82, 2.24) is 10.0 Å². The van der Waals surface area contributed by atoms with Crippen molar-refractivity contribution in [1.29, 1.82) is 0 Å². The Balaban J connectivity index is 2.91. The Morgan fingerprint density at radius 1 is 1.38 bits per heavy atom. The number of methoxy groups -OCH3 is 1. The van der Waals surface area contributed by atoms with E-state index in [0.717, 1.165) is 18.5 Å². The Labute approximate surface area is 132 Å². The van der Waals surface area contributed by atoms with Crippen LogP contribution in [-0.2, 0) is 21.3 Å². The smallest absolute Gasteiger partial charge is 0.242 e. The predicted molar refractivity (Wildman–Crippen MR) is 85.1 cm³/mol. The second-order valence-electron chi connectivity index (χ2n) is 4.92. The zero-order valence-corrected chi connectivity index (χ0v) is 14.2.